The van der Waals surface area contributed by atoms with Crippen molar-refractivity contribution in [3.05, 3.63) is 0 Å². The molecule has 0 aliphatic carbocycles. The van der Waals surface area contributed by atoms with Crippen LogP contribution < -0.4 is 5.73 Å². The Morgan fingerprint density at radius 2 is 1.82 bits per heavy atom. The van der Waals surface area contributed by atoms with Gasteiger partial charge in [0.05, 0.1) is 33.0 Å². The van der Waals surface area contributed by atoms with Gasteiger partial charge in [0.25, 0.3) is 0 Å². The lowest BCUT2D eigenvalue weighted by atomic mass is 10.1. The molecule has 1 aliphatic heterocycles. The van der Waals surface area contributed by atoms with Gasteiger partial charge in [0.15, 0.2) is 0 Å². The molecule has 5 heteroatoms. The van der Waals surface area contributed by atoms with Crippen LogP contribution >= 0.6 is 0 Å². The first-order chi connectivity index (χ1) is 8.33. The number of piperidine rings is 1. The van der Waals surface area contributed by atoms with E-state index in [2.05, 4.69) is 4.90 Å². The fourth-order valence-corrected chi connectivity index (χ4v) is 1.95. The number of methoxy groups -OCH3 is 1. The van der Waals surface area contributed by atoms with Crippen LogP contribution in [0.25, 0.3) is 0 Å². The molecule has 2 N–H and O–H groups in total. The highest BCUT2D eigenvalue weighted by atomic mass is 16.5. The minimum Gasteiger partial charge on any atom is -0.382 e. The minimum absolute atomic E-state index is 0.348. The summed E-state index contributed by atoms with van der Waals surface area (Å²) in [6, 6.07) is 0.348. The van der Waals surface area contributed by atoms with Crippen LogP contribution in [0.3, 0.4) is 0 Å². The minimum atomic E-state index is 0.348. The van der Waals surface area contributed by atoms with E-state index < -0.39 is 0 Å². The predicted octanol–water partition coefficient (Wildman–Crippen LogP) is 0.0891. The number of hydrogen-bond acceptors (Lipinski definition) is 5. The molecule has 1 rings (SSSR count). The lowest BCUT2D eigenvalue weighted by Crippen LogP contribution is -2.44. The molecular formula is C12H26N2O3. The standard InChI is InChI=1S/C12H26N2O3/c1-15-7-8-17-10-9-16-6-5-14-4-2-3-12(13)11-14/h12H,2-11,13H2,1H3. The molecule has 0 aromatic rings. The first-order valence-electron chi connectivity index (χ1n) is 6.45. The maximum Gasteiger partial charge on any atom is 0.0701 e. The summed E-state index contributed by atoms with van der Waals surface area (Å²) in [6.07, 6.45) is 2.37. The number of nitrogens with zero attached hydrogens (tertiary/aromatic N) is 1. The van der Waals surface area contributed by atoms with Gasteiger partial charge in [-0.1, -0.05) is 0 Å². The van der Waals surface area contributed by atoms with Gasteiger partial charge in [-0.2, -0.15) is 0 Å². The van der Waals surface area contributed by atoms with E-state index in [9.17, 15) is 0 Å². The topological polar surface area (TPSA) is 57.0 Å². The Morgan fingerprint density at radius 1 is 1.12 bits per heavy atom. The van der Waals surface area contributed by atoms with E-state index in [0.717, 1.165) is 32.7 Å². The van der Waals surface area contributed by atoms with E-state index in [1.807, 2.05) is 0 Å². The molecule has 0 aromatic heterocycles. The lowest BCUT2D eigenvalue weighted by molar-refractivity contribution is 0.0179. The molecule has 1 heterocycles. The predicted molar refractivity (Wildman–Crippen MR) is 67.2 cm³/mol. The molecule has 17 heavy (non-hydrogen) atoms. The Hall–Kier alpha value is -0.200. The highest BCUT2D eigenvalue weighted by molar-refractivity contribution is 4.74. The highest BCUT2D eigenvalue weighted by Crippen LogP contribution is 2.07. The second-order valence-electron chi connectivity index (χ2n) is 4.42. The molecule has 0 radical (unpaired) electrons. The zero-order chi connectivity index (χ0) is 12.3. The maximum atomic E-state index is 5.91. The number of hydrogen-bond donors (Lipinski definition) is 1. The molecule has 1 fully saturated rings. The van der Waals surface area contributed by atoms with Crippen molar-refractivity contribution in [3.63, 3.8) is 0 Å². The van der Waals surface area contributed by atoms with Gasteiger partial charge in [-0.3, -0.25) is 4.90 Å². The second-order valence-corrected chi connectivity index (χ2v) is 4.42. The van der Waals surface area contributed by atoms with Gasteiger partial charge in [-0.25, -0.2) is 0 Å². The smallest absolute Gasteiger partial charge is 0.0701 e. The maximum absolute atomic E-state index is 5.91. The number of likely N-dealkylation sites (tertiary alicyclic amines) is 1. The average molecular weight is 246 g/mol. The Bertz CT molecular complexity index is 181. The molecule has 0 aromatic carbocycles. The van der Waals surface area contributed by atoms with Gasteiger partial charge < -0.3 is 19.9 Å². The van der Waals surface area contributed by atoms with Gasteiger partial charge in [-0.15, -0.1) is 0 Å². The van der Waals surface area contributed by atoms with Crippen LogP contribution in [0.1, 0.15) is 12.8 Å². The molecule has 0 saturated carbocycles. The SMILES string of the molecule is COCCOCCOCCN1CCCC(N)C1. The van der Waals surface area contributed by atoms with Crippen molar-refractivity contribution in [1.29, 1.82) is 0 Å². The van der Waals surface area contributed by atoms with Gasteiger partial charge in [-0.05, 0) is 19.4 Å². The molecule has 0 bridgehead atoms. The summed E-state index contributed by atoms with van der Waals surface area (Å²) < 4.78 is 15.7. The first kappa shape index (κ1) is 14.9. The van der Waals surface area contributed by atoms with Gasteiger partial charge >= 0.3 is 0 Å². The van der Waals surface area contributed by atoms with Crippen molar-refractivity contribution in [2.75, 3.05) is 59.8 Å². The van der Waals surface area contributed by atoms with Gasteiger partial charge in [0, 0.05) is 26.2 Å². The van der Waals surface area contributed by atoms with Crippen LogP contribution in [0.4, 0.5) is 0 Å². The number of rotatable bonds is 9. The van der Waals surface area contributed by atoms with Crippen LogP contribution in [-0.4, -0.2) is 70.7 Å². The Morgan fingerprint density at radius 3 is 2.53 bits per heavy atom. The molecule has 0 spiro atoms. The van der Waals surface area contributed by atoms with E-state index in [4.69, 9.17) is 19.9 Å². The molecule has 5 nitrogen and oxygen atoms in total. The van der Waals surface area contributed by atoms with Crippen molar-refractivity contribution in [2.24, 2.45) is 5.73 Å². The molecule has 1 atom stereocenters. The Labute approximate surface area is 104 Å². The molecule has 0 amide bonds. The van der Waals surface area contributed by atoms with Crippen molar-refractivity contribution < 1.29 is 14.2 Å². The number of ether oxygens (including phenoxy) is 3. The normalized spacial score (nSPS) is 21.9. The quantitative estimate of drug-likeness (QED) is 0.584. The third-order valence-corrected chi connectivity index (χ3v) is 2.90. The van der Waals surface area contributed by atoms with Crippen molar-refractivity contribution in [3.8, 4) is 0 Å². The Kier molecular flexibility index (Phi) is 8.56. The zero-order valence-corrected chi connectivity index (χ0v) is 10.9. The van der Waals surface area contributed by atoms with E-state index in [0.29, 0.717) is 32.5 Å². The summed E-state index contributed by atoms with van der Waals surface area (Å²) in [7, 11) is 1.67. The van der Waals surface area contributed by atoms with Crippen LogP contribution in [-0.2, 0) is 14.2 Å². The average Bonchev–Trinajstić information content (AvgIpc) is 2.33. The summed E-state index contributed by atoms with van der Waals surface area (Å²) in [5.74, 6) is 0. The van der Waals surface area contributed by atoms with Crippen LogP contribution in [0.15, 0.2) is 0 Å². The second kappa shape index (κ2) is 9.79. The van der Waals surface area contributed by atoms with Gasteiger partial charge in [0.2, 0.25) is 0 Å². The fraction of sp³-hybridized carbons (Fsp3) is 1.00. The Balaban J connectivity index is 1.83. The van der Waals surface area contributed by atoms with E-state index in [1.165, 1.54) is 6.42 Å². The summed E-state index contributed by atoms with van der Waals surface area (Å²) in [4.78, 5) is 2.37. The summed E-state index contributed by atoms with van der Waals surface area (Å²) in [5.41, 5.74) is 5.91. The third-order valence-electron chi connectivity index (χ3n) is 2.90. The van der Waals surface area contributed by atoms with E-state index in [1.54, 1.807) is 7.11 Å². The molecule has 1 saturated heterocycles. The van der Waals surface area contributed by atoms with Gasteiger partial charge in [0.1, 0.15) is 0 Å². The lowest BCUT2D eigenvalue weighted by Gasteiger charge is -2.30. The first-order valence-corrected chi connectivity index (χ1v) is 6.45. The van der Waals surface area contributed by atoms with E-state index >= 15 is 0 Å². The summed E-state index contributed by atoms with van der Waals surface area (Å²) >= 11 is 0. The third kappa shape index (κ3) is 7.68. The van der Waals surface area contributed by atoms with Crippen LogP contribution in [0.2, 0.25) is 0 Å². The molecule has 1 aliphatic rings. The van der Waals surface area contributed by atoms with Crippen molar-refractivity contribution >= 4 is 0 Å². The molecule has 1 unspecified atom stereocenters. The van der Waals surface area contributed by atoms with Crippen LogP contribution in [0.5, 0.6) is 0 Å². The highest BCUT2D eigenvalue weighted by Gasteiger charge is 2.15. The largest absolute Gasteiger partial charge is 0.382 e. The van der Waals surface area contributed by atoms with Crippen molar-refractivity contribution in [1.82, 2.24) is 4.90 Å². The summed E-state index contributed by atoms with van der Waals surface area (Å²) in [5, 5.41) is 0. The van der Waals surface area contributed by atoms with E-state index in [-0.39, 0.29) is 0 Å². The van der Waals surface area contributed by atoms with Crippen LogP contribution in [0, 0.1) is 0 Å². The number of nitrogens with two attached hydrogens (primary N) is 1. The van der Waals surface area contributed by atoms with Crippen molar-refractivity contribution in [2.45, 2.75) is 18.9 Å². The monoisotopic (exact) mass is 246 g/mol. The zero-order valence-electron chi connectivity index (χ0n) is 10.9. The molecule has 102 valence electrons. The molecular weight excluding hydrogens is 220 g/mol. The summed E-state index contributed by atoms with van der Waals surface area (Å²) in [6.45, 7) is 6.49. The fourth-order valence-electron chi connectivity index (χ4n) is 1.95.